The van der Waals surface area contributed by atoms with E-state index in [9.17, 15) is 19.1 Å². The number of aliphatic hydroxyl groups excluding tert-OH is 1. The number of urea groups is 1. The van der Waals surface area contributed by atoms with Crippen molar-refractivity contribution < 1.29 is 19.1 Å². The van der Waals surface area contributed by atoms with Gasteiger partial charge in [0.05, 0.1) is 18.7 Å². The SMILES string of the molecule is Cc1ccc(-c2ccc([C@H]3[C@H](CO)N4C(=O)CN(C(=O)Nc5cccc(F)c5)C[C@@H]34)cc2)cc1. The Kier molecular flexibility index (Phi) is 5.79. The smallest absolute Gasteiger partial charge is 0.322 e. The van der Waals surface area contributed by atoms with Crippen molar-refractivity contribution in [2.24, 2.45) is 0 Å². The first-order valence-corrected chi connectivity index (χ1v) is 11.3. The fourth-order valence-electron chi connectivity index (χ4n) is 5.07. The predicted molar refractivity (Wildman–Crippen MR) is 128 cm³/mol. The average Bonchev–Trinajstić information content (AvgIpc) is 2.81. The van der Waals surface area contributed by atoms with Gasteiger partial charge < -0.3 is 20.2 Å². The Labute approximate surface area is 197 Å². The first-order chi connectivity index (χ1) is 16.4. The van der Waals surface area contributed by atoms with Gasteiger partial charge in [-0.1, -0.05) is 60.2 Å². The number of nitrogens with zero attached hydrogens (tertiary/aromatic N) is 2. The van der Waals surface area contributed by atoms with Gasteiger partial charge in [0.2, 0.25) is 5.91 Å². The fraction of sp³-hybridized carbons (Fsp3) is 0.259. The maximum absolute atomic E-state index is 13.5. The zero-order chi connectivity index (χ0) is 23.8. The summed E-state index contributed by atoms with van der Waals surface area (Å²) in [5, 5.41) is 12.7. The maximum Gasteiger partial charge on any atom is 0.322 e. The first-order valence-electron chi connectivity index (χ1n) is 11.3. The van der Waals surface area contributed by atoms with Crippen molar-refractivity contribution in [3.8, 4) is 11.1 Å². The van der Waals surface area contributed by atoms with Gasteiger partial charge in [0.15, 0.2) is 0 Å². The van der Waals surface area contributed by atoms with Crippen LogP contribution in [-0.4, -0.2) is 58.6 Å². The molecule has 2 fully saturated rings. The van der Waals surface area contributed by atoms with Crippen molar-refractivity contribution in [1.29, 1.82) is 0 Å². The normalized spacial score (nSPS) is 21.6. The second-order valence-electron chi connectivity index (χ2n) is 8.95. The van der Waals surface area contributed by atoms with Crippen molar-refractivity contribution >= 4 is 17.6 Å². The van der Waals surface area contributed by atoms with Crippen LogP contribution in [0.15, 0.2) is 72.8 Å². The molecule has 3 aromatic rings. The largest absolute Gasteiger partial charge is 0.394 e. The average molecular weight is 460 g/mol. The van der Waals surface area contributed by atoms with Gasteiger partial charge in [-0.05, 0) is 41.8 Å². The molecule has 0 saturated carbocycles. The van der Waals surface area contributed by atoms with Gasteiger partial charge in [0.1, 0.15) is 12.4 Å². The van der Waals surface area contributed by atoms with Gasteiger partial charge in [-0.25, -0.2) is 9.18 Å². The fourth-order valence-corrected chi connectivity index (χ4v) is 5.07. The molecule has 7 heteroatoms. The highest BCUT2D eigenvalue weighted by Gasteiger charge is 2.54. The summed E-state index contributed by atoms with van der Waals surface area (Å²) >= 11 is 0. The molecule has 34 heavy (non-hydrogen) atoms. The van der Waals surface area contributed by atoms with Crippen LogP contribution < -0.4 is 5.32 Å². The summed E-state index contributed by atoms with van der Waals surface area (Å²) < 4.78 is 13.5. The van der Waals surface area contributed by atoms with Crippen LogP contribution in [0.25, 0.3) is 11.1 Å². The number of piperazine rings is 1. The Morgan fingerprint density at radius 3 is 2.38 bits per heavy atom. The maximum atomic E-state index is 13.5. The molecule has 2 aliphatic rings. The van der Waals surface area contributed by atoms with E-state index in [2.05, 4.69) is 48.6 Å². The zero-order valence-corrected chi connectivity index (χ0v) is 18.8. The van der Waals surface area contributed by atoms with Crippen LogP contribution in [-0.2, 0) is 4.79 Å². The first kappa shape index (κ1) is 22.1. The molecule has 0 radical (unpaired) electrons. The zero-order valence-electron chi connectivity index (χ0n) is 18.8. The van der Waals surface area contributed by atoms with Gasteiger partial charge >= 0.3 is 6.03 Å². The van der Waals surface area contributed by atoms with Crippen LogP contribution in [0.2, 0.25) is 0 Å². The number of aryl methyl sites for hydroxylation is 1. The molecule has 3 amide bonds. The second kappa shape index (κ2) is 8.91. The third-order valence-electron chi connectivity index (χ3n) is 6.80. The number of anilines is 1. The Morgan fingerprint density at radius 1 is 1.06 bits per heavy atom. The Hall–Kier alpha value is -3.71. The molecule has 2 N–H and O–H groups in total. The quantitative estimate of drug-likeness (QED) is 0.619. The van der Waals surface area contributed by atoms with Gasteiger partial charge in [-0.3, -0.25) is 4.79 Å². The monoisotopic (exact) mass is 459 g/mol. The van der Waals surface area contributed by atoms with Gasteiger partial charge in [0.25, 0.3) is 0 Å². The summed E-state index contributed by atoms with van der Waals surface area (Å²) in [5.74, 6) is -0.722. The lowest BCUT2D eigenvalue weighted by Crippen LogP contribution is -2.73. The summed E-state index contributed by atoms with van der Waals surface area (Å²) in [5.41, 5.74) is 4.78. The molecule has 0 aliphatic carbocycles. The molecule has 0 unspecified atom stereocenters. The number of carbonyl (C=O) groups excluding carboxylic acids is 2. The molecule has 2 heterocycles. The standard InChI is InChI=1S/C27H26FN3O3/c1-17-5-7-18(8-6-17)19-9-11-20(12-10-19)26-23-14-30(15-25(33)31(23)24(26)16-32)27(34)29-22-4-2-3-21(28)13-22/h2-13,23-24,26,32H,14-16H2,1H3,(H,29,34)/t23-,24-,26+/m0/s1. The number of nitrogens with one attached hydrogen (secondary N) is 1. The molecule has 2 aliphatic heterocycles. The molecule has 0 bridgehead atoms. The number of amides is 3. The molecular formula is C27H26FN3O3. The molecule has 5 rings (SSSR count). The van der Waals surface area contributed by atoms with Crippen LogP contribution in [0.4, 0.5) is 14.9 Å². The summed E-state index contributed by atoms with van der Waals surface area (Å²) in [7, 11) is 0. The summed E-state index contributed by atoms with van der Waals surface area (Å²) in [4.78, 5) is 28.8. The number of halogens is 1. The summed E-state index contributed by atoms with van der Waals surface area (Å²) in [6.07, 6.45) is 0. The van der Waals surface area contributed by atoms with E-state index in [1.807, 2.05) is 12.1 Å². The number of benzene rings is 3. The van der Waals surface area contributed by atoms with E-state index < -0.39 is 11.8 Å². The van der Waals surface area contributed by atoms with Crippen LogP contribution in [0.5, 0.6) is 0 Å². The van der Waals surface area contributed by atoms with Crippen LogP contribution in [0.3, 0.4) is 0 Å². The molecule has 0 aromatic heterocycles. The lowest BCUT2D eigenvalue weighted by Gasteiger charge is -2.58. The minimum Gasteiger partial charge on any atom is -0.394 e. The van der Waals surface area contributed by atoms with E-state index in [0.29, 0.717) is 12.2 Å². The molecular weight excluding hydrogens is 433 g/mol. The topological polar surface area (TPSA) is 72.9 Å². The third-order valence-corrected chi connectivity index (χ3v) is 6.80. The van der Waals surface area contributed by atoms with E-state index in [1.165, 1.54) is 28.7 Å². The molecule has 3 aromatic carbocycles. The predicted octanol–water partition coefficient (Wildman–Crippen LogP) is 4.00. The Morgan fingerprint density at radius 2 is 1.74 bits per heavy atom. The Bertz CT molecular complexity index is 1210. The number of rotatable bonds is 4. The van der Waals surface area contributed by atoms with Crippen LogP contribution in [0, 0.1) is 12.7 Å². The van der Waals surface area contributed by atoms with Crippen molar-refractivity contribution in [2.45, 2.75) is 24.9 Å². The van der Waals surface area contributed by atoms with Crippen LogP contribution in [0.1, 0.15) is 17.0 Å². The number of carbonyl (C=O) groups is 2. The highest BCUT2D eigenvalue weighted by Crippen LogP contribution is 2.43. The van der Waals surface area contributed by atoms with E-state index in [4.69, 9.17) is 0 Å². The highest BCUT2D eigenvalue weighted by atomic mass is 19.1. The molecule has 3 atom stereocenters. The van der Waals surface area contributed by atoms with E-state index in [0.717, 1.165) is 16.7 Å². The second-order valence-corrected chi connectivity index (χ2v) is 8.95. The van der Waals surface area contributed by atoms with Gasteiger partial charge in [-0.15, -0.1) is 0 Å². The molecule has 0 spiro atoms. The highest BCUT2D eigenvalue weighted by molar-refractivity contribution is 5.93. The van der Waals surface area contributed by atoms with Crippen LogP contribution >= 0.6 is 0 Å². The number of hydrogen-bond acceptors (Lipinski definition) is 3. The molecule has 2 saturated heterocycles. The van der Waals surface area contributed by atoms with Crippen molar-refractivity contribution in [3.63, 3.8) is 0 Å². The summed E-state index contributed by atoms with van der Waals surface area (Å²) in [6.45, 7) is 2.18. The van der Waals surface area contributed by atoms with Crippen molar-refractivity contribution in [3.05, 3.63) is 89.7 Å². The minimum absolute atomic E-state index is 0.0762. The van der Waals surface area contributed by atoms with E-state index in [-0.39, 0.29) is 37.1 Å². The van der Waals surface area contributed by atoms with E-state index >= 15 is 0 Å². The van der Waals surface area contributed by atoms with E-state index in [1.54, 1.807) is 11.0 Å². The molecule has 174 valence electrons. The summed E-state index contributed by atoms with van der Waals surface area (Å²) in [6, 6.07) is 21.2. The lowest BCUT2D eigenvalue weighted by atomic mass is 9.73. The number of hydrogen-bond donors (Lipinski definition) is 2. The minimum atomic E-state index is -0.447. The van der Waals surface area contributed by atoms with Gasteiger partial charge in [-0.2, -0.15) is 0 Å². The lowest BCUT2D eigenvalue weighted by molar-refractivity contribution is -0.159. The number of fused-ring (bicyclic) bond motifs is 1. The third kappa shape index (κ3) is 4.03. The van der Waals surface area contributed by atoms with Crippen molar-refractivity contribution in [2.75, 3.05) is 25.0 Å². The van der Waals surface area contributed by atoms with Crippen molar-refractivity contribution in [1.82, 2.24) is 9.80 Å². The number of aliphatic hydroxyl groups is 1. The van der Waals surface area contributed by atoms with Gasteiger partial charge in [0, 0.05) is 18.2 Å². The Balaban J connectivity index is 1.34. The molecule has 6 nitrogen and oxygen atoms in total.